The Balaban J connectivity index is 1.55. The van der Waals surface area contributed by atoms with E-state index in [0.29, 0.717) is 15.3 Å². The van der Waals surface area contributed by atoms with Crippen LogP contribution in [0.2, 0.25) is 0 Å². The average molecular weight is 431 g/mol. The molecule has 2 saturated heterocycles. The number of piperidine rings is 1. The van der Waals surface area contributed by atoms with E-state index in [0.717, 1.165) is 68.9 Å². The van der Waals surface area contributed by atoms with Crippen molar-refractivity contribution in [1.29, 1.82) is 5.26 Å². The molecular formula is C19H26N8S2. The molecule has 2 aromatic rings. The third kappa shape index (κ3) is 5.36. The second-order valence-corrected chi connectivity index (χ2v) is 9.87. The topological polar surface area (TPSA) is 84.2 Å². The second kappa shape index (κ2) is 9.26. The molecule has 4 rings (SSSR count). The summed E-state index contributed by atoms with van der Waals surface area (Å²) < 4.78 is 0. The fourth-order valence-corrected chi connectivity index (χ4v) is 5.13. The monoisotopic (exact) mass is 430 g/mol. The van der Waals surface area contributed by atoms with E-state index >= 15 is 0 Å². The van der Waals surface area contributed by atoms with Crippen molar-refractivity contribution in [2.45, 2.75) is 23.2 Å². The predicted octanol–water partition coefficient (Wildman–Crippen LogP) is 2.49. The van der Waals surface area contributed by atoms with Crippen LogP contribution in [0.15, 0.2) is 17.4 Å². The zero-order chi connectivity index (χ0) is 20.2. The first-order valence-corrected chi connectivity index (χ1v) is 11.6. The summed E-state index contributed by atoms with van der Waals surface area (Å²) in [5, 5.41) is 14.4. The molecule has 0 unspecified atom stereocenters. The first-order valence-electron chi connectivity index (χ1n) is 9.90. The summed E-state index contributed by atoms with van der Waals surface area (Å²) >= 11 is 3.12. The Morgan fingerprint density at radius 2 is 1.83 bits per heavy atom. The van der Waals surface area contributed by atoms with Crippen molar-refractivity contribution in [1.82, 2.24) is 24.8 Å². The van der Waals surface area contributed by atoms with Gasteiger partial charge in [-0.1, -0.05) is 23.1 Å². The number of likely N-dealkylation sites (N-methyl/N-ethyl adjacent to an activating group) is 1. The summed E-state index contributed by atoms with van der Waals surface area (Å²) in [6.45, 7) is 6.22. The van der Waals surface area contributed by atoms with Gasteiger partial charge in [0, 0.05) is 37.5 Å². The van der Waals surface area contributed by atoms with Gasteiger partial charge in [-0.3, -0.25) is 0 Å². The van der Waals surface area contributed by atoms with E-state index in [9.17, 15) is 0 Å². The first-order chi connectivity index (χ1) is 14.1. The summed E-state index contributed by atoms with van der Waals surface area (Å²) in [5.41, 5.74) is 0. The van der Waals surface area contributed by atoms with Gasteiger partial charge >= 0.3 is 0 Å². The number of hydrogen-bond donors (Lipinski definition) is 1. The zero-order valence-electron chi connectivity index (χ0n) is 16.8. The largest absolute Gasteiger partial charge is 0.354 e. The quantitative estimate of drug-likeness (QED) is 0.719. The Hall–Kier alpha value is -1.93. The van der Waals surface area contributed by atoms with Gasteiger partial charge in [-0.05, 0) is 40.0 Å². The van der Waals surface area contributed by atoms with E-state index in [2.05, 4.69) is 45.2 Å². The maximum absolute atomic E-state index is 9.05. The van der Waals surface area contributed by atoms with Crippen LogP contribution in [0.5, 0.6) is 0 Å². The van der Waals surface area contributed by atoms with E-state index in [1.165, 1.54) is 11.3 Å². The van der Waals surface area contributed by atoms with Crippen LogP contribution in [0, 0.1) is 11.3 Å². The summed E-state index contributed by atoms with van der Waals surface area (Å²) in [6, 6.07) is 4.13. The lowest BCUT2D eigenvalue weighted by molar-refractivity contribution is 0.282. The number of anilines is 3. The standard InChI is InChI=1S/C19H26N8S2/c1-25-5-3-14(4-6-25)28-19-23-16(22-18-21-13-15(12-20)29-18)11-17(24-19)27-9-7-26(2)8-10-27/h11,13-14H,3-10H2,1-2H3,(H,21,22,23,24). The SMILES string of the molecule is CN1CCC(Sc2nc(Nc3ncc(C#N)s3)cc(N3CCN(C)CC3)n2)CC1. The lowest BCUT2D eigenvalue weighted by Gasteiger charge is -2.33. The number of nitrogens with one attached hydrogen (secondary N) is 1. The van der Waals surface area contributed by atoms with E-state index < -0.39 is 0 Å². The molecule has 8 nitrogen and oxygen atoms in total. The molecular weight excluding hydrogens is 404 g/mol. The lowest BCUT2D eigenvalue weighted by Crippen LogP contribution is -2.44. The Labute approximate surface area is 180 Å². The fourth-order valence-electron chi connectivity index (χ4n) is 3.47. The molecule has 154 valence electrons. The van der Waals surface area contributed by atoms with Crippen molar-refractivity contribution in [3.05, 3.63) is 17.1 Å². The zero-order valence-corrected chi connectivity index (χ0v) is 18.5. The fraction of sp³-hybridized carbons (Fsp3) is 0.579. The van der Waals surface area contributed by atoms with Gasteiger partial charge in [-0.25, -0.2) is 15.0 Å². The summed E-state index contributed by atoms with van der Waals surface area (Å²) in [6.07, 6.45) is 3.90. The molecule has 0 saturated carbocycles. The number of nitrogens with zero attached hydrogens (tertiary/aromatic N) is 7. The van der Waals surface area contributed by atoms with Crippen LogP contribution in [-0.4, -0.2) is 83.4 Å². The lowest BCUT2D eigenvalue weighted by atomic mass is 10.1. The molecule has 0 radical (unpaired) electrons. The highest BCUT2D eigenvalue weighted by molar-refractivity contribution is 7.99. The molecule has 0 amide bonds. The maximum Gasteiger partial charge on any atom is 0.191 e. The first kappa shape index (κ1) is 20.3. The van der Waals surface area contributed by atoms with Crippen molar-refractivity contribution in [3.63, 3.8) is 0 Å². The van der Waals surface area contributed by atoms with Crippen molar-refractivity contribution >= 4 is 39.9 Å². The number of aromatic nitrogens is 3. The Bertz CT molecular complexity index is 863. The van der Waals surface area contributed by atoms with Gasteiger partial charge in [0.15, 0.2) is 10.3 Å². The van der Waals surface area contributed by atoms with Gasteiger partial charge < -0.3 is 20.0 Å². The second-order valence-electron chi connectivity index (χ2n) is 7.57. The van der Waals surface area contributed by atoms with Crippen molar-refractivity contribution < 1.29 is 0 Å². The third-order valence-corrected chi connectivity index (χ3v) is 7.32. The summed E-state index contributed by atoms with van der Waals surface area (Å²) in [7, 11) is 4.33. The third-order valence-electron chi connectivity index (χ3n) is 5.31. The van der Waals surface area contributed by atoms with E-state index in [1.807, 2.05) is 6.07 Å². The molecule has 2 aliphatic rings. The molecule has 0 aliphatic carbocycles. The van der Waals surface area contributed by atoms with Crippen LogP contribution in [0.3, 0.4) is 0 Å². The number of thioether (sulfide) groups is 1. The molecule has 2 aliphatic heterocycles. The van der Waals surface area contributed by atoms with Crippen LogP contribution in [0.1, 0.15) is 17.7 Å². The van der Waals surface area contributed by atoms with Crippen molar-refractivity contribution in [2.24, 2.45) is 0 Å². The molecule has 4 heterocycles. The number of hydrogen-bond acceptors (Lipinski definition) is 10. The van der Waals surface area contributed by atoms with E-state index in [4.69, 9.17) is 15.2 Å². The van der Waals surface area contributed by atoms with Crippen LogP contribution in [-0.2, 0) is 0 Å². The maximum atomic E-state index is 9.05. The van der Waals surface area contributed by atoms with Gasteiger partial charge in [0.05, 0.1) is 6.20 Å². The van der Waals surface area contributed by atoms with Gasteiger partial charge in [-0.15, -0.1) is 0 Å². The highest BCUT2D eigenvalue weighted by Gasteiger charge is 2.22. The number of likely N-dealkylation sites (tertiary alicyclic amines) is 1. The normalized spacial score (nSPS) is 19.3. The molecule has 0 atom stereocenters. The number of thiazole rings is 1. The van der Waals surface area contributed by atoms with E-state index in [1.54, 1.807) is 18.0 Å². The van der Waals surface area contributed by atoms with E-state index in [-0.39, 0.29) is 0 Å². The van der Waals surface area contributed by atoms with Gasteiger partial charge in [0.2, 0.25) is 0 Å². The summed E-state index contributed by atoms with van der Waals surface area (Å²) in [5.74, 6) is 1.70. The highest BCUT2D eigenvalue weighted by Crippen LogP contribution is 2.31. The minimum atomic E-state index is 0.548. The Morgan fingerprint density at radius 1 is 1.10 bits per heavy atom. The average Bonchev–Trinajstić information content (AvgIpc) is 3.18. The highest BCUT2D eigenvalue weighted by atomic mass is 32.2. The van der Waals surface area contributed by atoms with Crippen LogP contribution in [0.4, 0.5) is 16.8 Å². The number of nitriles is 1. The van der Waals surface area contributed by atoms with Crippen molar-refractivity contribution in [2.75, 3.05) is 63.6 Å². The molecule has 0 spiro atoms. The minimum absolute atomic E-state index is 0.548. The Kier molecular flexibility index (Phi) is 6.50. The molecule has 10 heteroatoms. The smallest absolute Gasteiger partial charge is 0.191 e. The number of rotatable bonds is 5. The van der Waals surface area contributed by atoms with Gasteiger partial charge in [0.25, 0.3) is 0 Å². The molecule has 29 heavy (non-hydrogen) atoms. The molecule has 2 fully saturated rings. The number of piperazine rings is 1. The molecule has 0 aromatic carbocycles. The Morgan fingerprint density at radius 3 is 2.52 bits per heavy atom. The molecule has 1 N–H and O–H groups in total. The predicted molar refractivity (Wildman–Crippen MR) is 118 cm³/mol. The molecule has 2 aromatic heterocycles. The van der Waals surface area contributed by atoms with Crippen LogP contribution < -0.4 is 10.2 Å². The van der Waals surface area contributed by atoms with Gasteiger partial charge in [0.1, 0.15) is 22.6 Å². The summed E-state index contributed by atoms with van der Waals surface area (Å²) in [4.78, 5) is 21.6. The van der Waals surface area contributed by atoms with Crippen LogP contribution >= 0.6 is 23.1 Å². The minimum Gasteiger partial charge on any atom is -0.354 e. The van der Waals surface area contributed by atoms with Crippen molar-refractivity contribution in [3.8, 4) is 6.07 Å². The van der Waals surface area contributed by atoms with Gasteiger partial charge in [-0.2, -0.15) is 5.26 Å². The molecule has 0 bridgehead atoms. The van der Waals surface area contributed by atoms with Crippen LogP contribution in [0.25, 0.3) is 0 Å².